The van der Waals surface area contributed by atoms with E-state index < -0.39 is 0 Å². The number of aryl methyl sites for hydroxylation is 1. The number of fused-ring (bicyclic) bond motifs is 1. The smallest absolute Gasteiger partial charge is 0.224 e. The summed E-state index contributed by atoms with van der Waals surface area (Å²) in [5.41, 5.74) is 2.85. The van der Waals surface area contributed by atoms with E-state index in [9.17, 15) is 9.18 Å². The van der Waals surface area contributed by atoms with Crippen LogP contribution in [0.2, 0.25) is 0 Å². The van der Waals surface area contributed by atoms with E-state index in [1.807, 2.05) is 47.1 Å². The van der Waals surface area contributed by atoms with Gasteiger partial charge in [0.15, 0.2) is 0 Å². The number of carbonyl (C=O) groups is 1. The number of benzene rings is 2. The maximum atomic E-state index is 13.7. The molecule has 29 heavy (non-hydrogen) atoms. The largest absolute Gasteiger partial charge is 0.487 e. The molecule has 0 atom stereocenters. The number of anilines is 1. The van der Waals surface area contributed by atoms with Crippen LogP contribution in [0.1, 0.15) is 17.7 Å². The van der Waals surface area contributed by atoms with Crippen molar-refractivity contribution in [2.45, 2.75) is 19.4 Å². The molecule has 4 rings (SSSR count). The van der Waals surface area contributed by atoms with Gasteiger partial charge in [0.2, 0.25) is 5.91 Å². The van der Waals surface area contributed by atoms with Crippen molar-refractivity contribution in [3.63, 3.8) is 0 Å². The zero-order valence-electron chi connectivity index (χ0n) is 15.7. The minimum absolute atomic E-state index is 0.175. The third kappa shape index (κ3) is 4.79. The molecule has 4 aromatic rings. The first-order chi connectivity index (χ1) is 14.2. The maximum absolute atomic E-state index is 13.7. The molecule has 1 N–H and O–H groups in total. The van der Waals surface area contributed by atoms with Crippen LogP contribution in [0.15, 0.2) is 79.1 Å². The quantitative estimate of drug-likeness (QED) is 0.502. The van der Waals surface area contributed by atoms with E-state index in [1.54, 1.807) is 30.3 Å². The number of rotatable bonds is 7. The van der Waals surface area contributed by atoms with E-state index in [4.69, 9.17) is 4.74 Å². The molecule has 5 nitrogen and oxygen atoms in total. The Balaban J connectivity index is 1.33. The zero-order chi connectivity index (χ0) is 20.1. The second kappa shape index (κ2) is 8.56. The summed E-state index contributed by atoms with van der Waals surface area (Å²) in [7, 11) is 0. The first-order valence-corrected chi connectivity index (χ1v) is 9.36. The third-order valence-electron chi connectivity index (χ3n) is 4.50. The lowest BCUT2D eigenvalue weighted by molar-refractivity contribution is -0.116. The Bertz CT molecular complexity index is 1110. The lowest BCUT2D eigenvalue weighted by atomic mass is 10.1. The zero-order valence-corrected chi connectivity index (χ0v) is 15.7. The lowest BCUT2D eigenvalue weighted by Crippen LogP contribution is -2.12. The predicted molar refractivity (Wildman–Crippen MR) is 109 cm³/mol. The summed E-state index contributed by atoms with van der Waals surface area (Å²) in [5.74, 6) is 0.169. The van der Waals surface area contributed by atoms with Crippen LogP contribution in [-0.2, 0) is 17.8 Å². The van der Waals surface area contributed by atoms with Crippen molar-refractivity contribution in [1.29, 1.82) is 0 Å². The van der Waals surface area contributed by atoms with Gasteiger partial charge in [0.25, 0.3) is 0 Å². The second-order valence-corrected chi connectivity index (χ2v) is 6.65. The molecule has 0 aliphatic heterocycles. The summed E-state index contributed by atoms with van der Waals surface area (Å²) < 4.78 is 21.4. The highest BCUT2D eigenvalue weighted by Gasteiger charge is 2.07. The molecule has 0 fully saturated rings. The first kappa shape index (κ1) is 18.7. The van der Waals surface area contributed by atoms with Crippen molar-refractivity contribution in [3.8, 4) is 5.75 Å². The minimum Gasteiger partial charge on any atom is -0.487 e. The molecule has 0 radical (unpaired) electrons. The average Bonchev–Trinajstić information content (AvgIpc) is 3.15. The number of ether oxygens (including phenoxy) is 1. The molecule has 2 aromatic heterocycles. The van der Waals surface area contributed by atoms with Crippen LogP contribution in [0, 0.1) is 5.82 Å². The predicted octanol–water partition coefficient (Wildman–Crippen LogP) is 4.62. The van der Waals surface area contributed by atoms with Crippen LogP contribution in [-0.4, -0.2) is 15.3 Å². The highest BCUT2D eigenvalue weighted by molar-refractivity contribution is 5.91. The van der Waals surface area contributed by atoms with Crippen LogP contribution in [0.3, 0.4) is 0 Å². The molecule has 2 aromatic carbocycles. The summed E-state index contributed by atoms with van der Waals surface area (Å²) in [4.78, 5) is 16.7. The molecule has 0 bridgehead atoms. The normalized spacial score (nSPS) is 10.8. The number of aromatic nitrogens is 2. The molecule has 1 amide bonds. The van der Waals surface area contributed by atoms with Crippen LogP contribution in [0.25, 0.3) is 5.65 Å². The van der Waals surface area contributed by atoms with Gasteiger partial charge in [-0.2, -0.15) is 0 Å². The van der Waals surface area contributed by atoms with E-state index in [-0.39, 0.29) is 18.1 Å². The summed E-state index contributed by atoms with van der Waals surface area (Å²) in [6.07, 6.45) is 4.41. The Morgan fingerprint density at radius 3 is 2.79 bits per heavy atom. The van der Waals surface area contributed by atoms with Crippen molar-refractivity contribution in [3.05, 3.63) is 96.2 Å². The van der Waals surface area contributed by atoms with E-state index >= 15 is 0 Å². The second-order valence-electron chi connectivity index (χ2n) is 6.65. The fourth-order valence-electron chi connectivity index (χ4n) is 3.05. The van der Waals surface area contributed by atoms with Gasteiger partial charge >= 0.3 is 0 Å². The number of nitrogens with zero attached hydrogens (tertiary/aromatic N) is 2. The number of hydrogen-bond acceptors (Lipinski definition) is 3. The van der Waals surface area contributed by atoms with Crippen LogP contribution in [0.4, 0.5) is 10.1 Å². The Morgan fingerprint density at radius 1 is 1.07 bits per heavy atom. The SMILES string of the molecule is O=C(CCc1ccccc1F)Nc1cccc(OCc2cn3ccccc3n2)c1. The fourth-order valence-corrected chi connectivity index (χ4v) is 3.05. The van der Waals surface area contributed by atoms with Crippen LogP contribution in [0.5, 0.6) is 5.75 Å². The standard InChI is InChI=1S/C23H20FN3O2/c24-21-9-2-1-6-17(21)11-12-23(28)26-18-7-5-8-20(14-18)29-16-19-15-27-13-4-3-10-22(27)25-19/h1-10,13-15H,11-12,16H2,(H,26,28). The number of pyridine rings is 1. The molecular formula is C23H20FN3O2. The highest BCUT2D eigenvalue weighted by atomic mass is 19.1. The molecule has 0 aliphatic rings. The Morgan fingerprint density at radius 2 is 1.93 bits per heavy atom. The van der Waals surface area contributed by atoms with E-state index in [2.05, 4.69) is 10.3 Å². The van der Waals surface area contributed by atoms with Gasteiger partial charge in [-0.25, -0.2) is 9.37 Å². The molecule has 146 valence electrons. The summed E-state index contributed by atoms with van der Waals surface area (Å²) >= 11 is 0. The minimum atomic E-state index is -0.289. The van der Waals surface area contributed by atoms with Gasteiger partial charge in [0, 0.05) is 30.6 Å². The maximum Gasteiger partial charge on any atom is 0.224 e. The molecule has 0 saturated heterocycles. The van der Waals surface area contributed by atoms with Crippen LogP contribution < -0.4 is 10.1 Å². The topological polar surface area (TPSA) is 55.6 Å². The molecule has 0 saturated carbocycles. The van der Waals surface area contributed by atoms with Gasteiger partial charge in [-0.15, -0.1) is 0 Å². The number of amides is 1. The van der Waals surface area contributed by atoms with E-state index in [1.165, 1.54) is 6.07 Å². The number of imidazole rings is 1. The van der Waals surface area contributed by atoms with Crippen molar-refractivity contribution in [1.82, 2.24) is 9.38 Å². The average molecular weight is 389 g/mol. The number of halogens is 1. The number of carbonyl (C=O) groups excluding carboxylic acids is 1. The number of nitrogens with one attached hydrogen (secondary N) is 1. The van der Waals surface area contributed by atoms with Gasteiger partial charge in [-0.3, -0.25) is 4.79 Å². The van der Waals surface area contributed by atoms with Crippen molar-refractivity contribution < 1.29 is 13.9 Å². The van der Waals surface area contributed by atoms with Gasteiger partial charge in [-0.1, -0.05) is 30.3 Å². The van der Waals surface area contributed by atoms with Gasteiger partial charge < -0.3 is 14.5 Å². The Hall–Kier alpha value is -3.67. The highest BCUT2D eigenvalue weighted by Crippen LogP contribution is 2.19. The lowest BCUT2D eigenvalue weighted by Gasteiger charge is -2.09. The van der Waals surface area contributed by atoms with Crippen molar-refractivity contribution in [2.75, 3.05) is 5.32 Å². The molecule has 0 spiro atoms. The molecule has 0 aliphatic carbocycles. The van der Waals surface area contributed by atoms with Crippen molar-refractivity contribution in [2.24, 2.45) is 0 Å². The number of hydrogen-bond donors (Lipinski definition) is 1. The summed E-state index contributed by atoms with van der Waals surface area (Å²) in [6, 6.07) is 19.5. The molecule has 0 unspecified atom stereocenters. The van der Waals surface area contributed by atoms with Crippen molar-refractivity contribution >= 4 is 17.2 Å². The first-order valence-electron chi connectivity index (χ1n) is 9.36. The van der Waals surface area contributed by atoms with Gasteiger partial charge in [-0.05, 0) is 42.3 Å². The molecule has 2 heterocycles. The van der Waals surface area contributed by atoms with E-state index in [0.717, 1.165) is 11.3 Å². The summed E-state index contributed by atoms with van der Waals surface area (Å²) in [6.45, 7) is 0.326. The summed E-state index contributed by atoms with van der Waals surface area (Å²) in [5, 5.41) is 2.83. The van der Waals surface area contributed by atoms with Gasteiger partial charge in [0.05, 0.1) is 5.69 Å². The monoisotopic (exact) mass is 389 g/mol. The Kier molecular flexibility index (Phi) is 5.52. The Labute approximate surface area is 167 Å². The third-order valence-corrected chi connectivity index (χ3v) is 4.50. The van der Waals surface area contributed by atoms with E-state index in [0.29, 0.717) is 30.0 Å². The van der Waals surface area contributed by atoms with Crippen LogP contribution >= 0.6 is 0 Å². The molecule has 6 heteroatoms. The molecular weight excluding hydrogens is 369 g/mol. The van der Waals surface area contributed by atoms with Gasteiger partial charge in [0.1, 0.15) is 23.8 Å². The fraction of sp³-hybridized carbons (Fsp3) is 0.130.